The van der Waals surface area contributed by atoms with Crippen LogP contribution in [0.2, 0.25) is 0 Å². The molecule has 0 spiro atoms. The van der Waals surface area contributed by atoms with E-state index in [-0.39, 0.29) is 5.91 Å². The van der Waals surface area contributed by atoms with Crippen LogP contribution in [-0.4, -0.2) is 39.3 Å². The highest BCUT2D eigenvalue weighted by Crippen LogP contribution is 2.27. The van der Waals surface area contributed by atoms with Gasteiger partial charge in [-0.2, -0.15) is 5.10 Å². The standard InChI is InChI=1S/C26H23N5O2/c1-33-20-11-7-8-18(16-20)25-21(17-31(30-25)19-9-3-2-4-10-19)26(32)27-15-14-24-28-22-12-5-6-13-23(22)29-24/h2-13,16-17H,14-15H2,1H3,(H,27,32)(H,28,29). The maximum Gasteiger partial charge on any atom is 0.255 e. The van der Waals surface area contributed by atoms with E-state index in [9.17, 15) is 4.79 Å². The van der Waals surface area contributed by atoms with Gasteiger partial charge >= 0.3 is 0 Å². The Labute approximate surface area is 191 Å². The smallest absolute Gasteiger partial charge is 0.255 e. The van der Waals surface area contributed by atoms with Gasteiger partial charge in [-0.25, -0.2) is 9.67 Å². The van der Waals surface area contributed by atoms with Gasteiger partial charge in [-0.15, -0.1) is 0 Å². The number of H-pyrrole nitrogens is 1. The molecule has 1 amide bonds. The zero-order valence-electron chi connectivity index (χ0n) is 18.2. The number of methoxy groups -OCH3 is 1. The number of fused-ring (bicyclic) bond motifs is 1. The van der Waals surface area contributed by atoms with Crippen LogP contribution in [0.5, 0.6) is 5.75 Å². The second-order valence-corrected chi connectivity index (χ2v) is 7.61. The maximum absolute atomic E-state index is 13.2. The van der Waals surface area contributed by atoms with E-state index < -0.39 is 0 Å². The number of carbonyl (C=O) groups excluding carboxylic acids is 1. The summed E-state index contributed by atoms with van der Waals surface area (Å²) in [5, 5.41) is 7.74. The lowest BCUT2D eigenvalue weighted by Crippen LogP contribution is -2.26. The summed E-state index contributed by atoms with van der Waals surface area (Å²) in [6, 6.07) is 25.2. The number of carbonyl (C=O) groups is 1. The molecule has 0 aliphatic rings. The first-order valence-electron chi connectivity index (χ1n) is 10.7. The van der Waals surface area contributed by atoms with Gasteiger partial charge in [-0.3, -0.25) is 4.79 Å². The van der Waals surface area contributed by atoms with Gasteiger partial charge < -0.3 is 15.0 Å². The van der Waals surface area contributed by atoms with Gasteiger partial charge in [0.15, 0.2) is 0 Å². The van der Waals surface area contributed by atoms with Crippen molar-refractivity contribution in [1.82, 2.24) is 25.1 Å². The van der Waals surface area contributed by atoms with Gasteiger partial charge in [0.2, 0.25) is 0 Å². The molecule has 2 N–H and O–H groups in total. The molecule has 0 unspecified atom stereocenters. The molecule has 7 nitrogen and oxygen atoms in total. The molecule has 0 fully saturated rings. The fraction of sp³-hybridized carbons (Fsp3) is 0.115. The molecule has 2 aromatic heterocycles. The molecule has 0 radical (unpaired) electrons. The number of aromatic amines is 1. The zero-order chi connectivity index (χ0) is 22.6. The van der Waals surface area contributed by atoms with Gasteiger partial charge in [0.1, 0.15) is 17.3 Å². The monoisotopic (exact) mass is 437 g/mol. The minimum absolute atomic E-state index is 0.189. The lowest BCUT2D eigenvalue weighted by Gasteiger charge is -2.06. The second-order valence-electron chi connectivity index (χ2n) is 7.61. The van der Waals surface area contributed by atoms with Crippen LogP contribution in [0.3, 0.4) is 0 Å². The van der Waals surface area contributed by atoms with E-state index >= 15 is 0 Å². The molecule has 0 aliphatic heterocycles. The van der Waals surface area contributed by atoms with Crippen molar-refractivity contribution >= 4 is 16.9 Å². The molecule has 3 aromatic carbocycles. The normalized spacial score (nSPS) is 10.9. The van der Waals surface area contributed by atoms with E-state index in [1.165, 1.54) is 0 Å². The Morgan fingerprint density at radius 1 is 1.03 bits per heavy atom. The molecular weight excluding hydrogens is 414 g/mol. The SMILES string of the molecule is COc1cccc(-c2nn(-c3ccccc3)cc2C(=O)NCCc2nc3ccccc3[nH]2)c1. The molecule has 33 heavy (non-hydrogen) atoms. The summed E-state index contributed by atoms with van der Waals surface area (Å²) in [6.07, 6.45) is 2.36. The van der Waals surface area contributed by atoms with E-state index in [1.54, 1.807) is 18.0 Å². The van der Waals surface area contributed by atoms with Crippen molar-refractivity contribution < 1.29 is 9.53 Å². The van der Waals surface area contributed by atoms with Crippen LogP contribution in [0.15, 0.2) is 85.1 Å². The third kappa shape index (κ3) is 4.34. The maximum atomic E-state index is 13.2. The average Bonchev–Trinajstić information content (AvgIpc) is 3.49. The summed E-state index contributed by atoms with van der Waals surface area (Å²) < 4.78 is 7.09. The Balaban J connectivity index is 1.40. The number of amides is 1. The van der Waals surface area contributed by atoms with Crippen molar-refractivity contribution in [3.05, 3.63) is 96.4 Å². The van der Waals surface area contributed by atoms with Crippen molar-refractivity contribution in [2.24, 2.45) is 0 Å². The van der Waals surface area contributed by atoms with Crippen molar-refractivity contribution in [2.45, 2.75) is 6.42 Å². The molecule has 0 saturated heterocycles. The fourth-order valence-corrected chi connectivity index (χ4v) is 3.75. The predicted molar refractivity (Wildman–Crippen MR) is 128 cm³/mol. The molecule has 0 atom stereocenters. The summed E-state index contributed by atoms with van der Waals surface area (Å²) in [4.78, 5) is 21.0. The van der Waals surface area contributed by atoms with Gasteiger partial charge in [0.05, 0.1) is 29.4 Å². The highest BCUT2D eigenvalue weighted by molar-refractivity contribution is 6.00. The lowest BCUT2D eigenvalue weighted by molar-refractivity contribution is 0.0954. The number of hydrogen-bond acceptors (Lipinski definition) is 4. The van der Waals surface area contributed by atoms with E-state index in [2.05, 4.69) is 15.3 Å². The van der Waals surface area contributed by atoms with Crippen LogP contribution in [-0.2, 0) is 6.42 Å². The van der Waals surface area contributed by atoms with Crippen LogP contribution in [0, 0.1) is 0 Å². The van der Waals surface area contributed by atoms with Crippen LogP contribution in [0.1, 0.15) is 16.2 Å². The quantitative estimate of drug-likeness (QED) is 0.395. The number of ether oxygens (including phenoxy) is 1. The fourth-order valence-electron chi connectivity index (χ4n) is 3.75. The molecule has 164 valence electrons. The van der Waals surface area contributed by atoms with E-state index in [0.717, 1.165) is 28.1 Å². The number of imidazole rings is 1. The van der Waals surface area contributed by atoms with Crippen molar-refractivity contribution in [3.8, 4) is 22.7 Å². The first-order valence-corrected chi connectivity index (χ1v) is 10.7. The Morgan fingerprint density at radius 2 is 1.85 bits per heavy atom. The Kier molecular flexibility index (Phi) is 5.59. The van der Waals surface area contributed by atoms with E-state index in [0.29, 0.717) is 30.0 Å². The van der Waals surface area contributed by atoms with Gasteiger partial charge in [0.25, 0.3) is 5.91 Å². The van der Waals surface area contributed by atoms with Crippen molar-refractivity contribution in [3.63, 3.8) is 0 Å². The number of nitrogens with one attached hydrogen (secondary N) is 2. The third-order valence-corrected chi connectivity index (χ3v) is 5.41. The molecule has 5 aromatic rings. The number of hydrogen-bond donors (Lipinski definition) is 2. The minimum atomic E-state index is -0.189. The number of benzene rings is 3. The lowest BCUT2D eigenvalue weighted by atomic mass is 10.1. The first-order chi connectivity index (χ1) is 16.2. The zero-order valence-corrected chi connectivity index (χ0v) is 18.2. The van der Waals surface area contributed by atoms with E-state index in [4.69, 9.17) is 9.84 Å². The largest absolute Gasteiger partial charge is 0.497 e. The Bertz CT molecular complexity index is 1370. The Hall–Kier alpha value is -4.39. The molecule has 0 aliphatic carbocycles. The number of nitrogens with zero attached hydrogens (tertiary/aromatic N) is 3. The summed E-state index contributed by atoms with van der Waals surface area (Å²) in [7, 11) is 1.62. The number of aromatic nitrogens is 4. The molecule has 0 bridgehead atoms. The van der Waals surface area contributed by atoms with Crippen LogP contribution in [0.4, 0.5) is 0 Å². The van der Waals surface area contributed by atoms with Gasteiger partial charge in [0, 0.05) is 24.7 Å². The highest BCUT2D eigenvalue weighted by Gasteiger charge is 2.19. The summed E-state index contributed by atoms with van der Waals surface area (Å²) in [6.45, 7) is 0.451. The van der Waals surface area contributed by atoms with Crippen molar-refractivity contribution in [2.75, 3.05) is 13.7 Å². The minimum Gasteiger partial charge on any atom is -0.497 e. The van der Waals surface area contributed by atoms with E-state index in [1.807, 2.05) is 78.9 Å². The molecule has 0 saturated carbocycles. The molecule has 7 heteroatoms. The topological polar surface area (TPSA) is 84.8 Å². The van der Waals surface area contributed by atoms with Crippen LogP contribution in [0.25, 0.3) is 28.0 Å². The summed E-state index contributed by atoms with van der Waals surface area (Å²) >= 11 is 0. The van der Waals surface area contributed by atoms with Crippen LogP contribution >= 0.6 is 0 Å². The average molecular weight is 438 g/mol. The van der Waals surface area contributed by atoms with Gasteiger partial charge in [-0.1, -0.05) is 42.5 Å². The molecule has 5 rings (SSSR count). The second kappa shape index (κ2) is 9.00. The predicted octanol–water partition coefficient (Wildman–Crippen LogP) is 4.40. The number of para-hydroxylation sites is 3. The van der Waals surface area contributed by atoms with Crippen LogP contribution < -0.4 is 10.1 Å². The summed E-state index contributed by atoms with van der Waals surface area (Å²) in [5.74, 6) is 1.36. The molecule has 2 heterocycles. The number of rotatable bonds is 7. The highest BCUT2D eigenvalue weighted by atomic mass is 16.5. The van der Waals surface area contributed by atoms with Crippen molar-refractivity contribution in [1.29, 1.82) is 0 Å². The third-order valence-electron chi connectivity index (χ3n) is 5.41. The first kappa shape index (κ1) is 20.5. The van der Waals surface area contributed by atoms with Gasteiger partial charge in [-0.05, 0) is 36.4 Å². The Morgan fingerprint density at radius 3 is 2.67 bits per heavy atom. The summed E-state index contributed by atoms with van der Waals surface area (Å²) in [5.41, 5.74) is 4.69. The molecular formula is C26H23N5O2.